The van der Waals surface area contributed by atoms with Gasteiger partial charge in [0.05, 0.1) is 5.02 Å². The Balaban J connectivity index is 2.46. The van der Waals surface area contributed by atoms with Gasteiger partial charge >= 0.3 is 5.97 Å². The smallest absolute Gasteiger partial charge is 0.355 e. The number of esters is 1. The van der Waals surface area contributed by atoms with Crippen molar-refractivity contribution in [1.82, 2.24) is 0 Å². The molecular weight excluding hydrogens is 298 g/mol. The molecular formula is C18H18ClNO2. The highest BCUT2D eigenvalue weighted by Gasteiger charge is 2.28. The SMILES string of the molecule is C=CN(C1=C(C)C[C@H](C)OC1=O)c1ccc(C#CC)c(Cl)c1. The van der Waals surface area contributed by atoms with Gasteiger partial charge in [-0.2, -0.15) is 0 Å². The summed E-state index contributed by atoms with van der Waals surface area (Å²) in [7, 11) is 0. The predicted molar refractivity (Wildman–Crippen MR) is 89.6 cm³/mol. The second-order valence-electron chi connectivity index (χ2n) is 5.14. The van der Waals surface area contributed by atoms with Crippen LogP contribution in [0.2, 0.25) is 5.02 Å². The minimum atomic E-state index is -0.343. The molecule has 1 atom stereocenters. The molecule has 0 unspecified atom stereocenters. The largest absolute Gasteiger partial charge is 0.458 e. The van der Waals surface area contributed by atoms with E-state index in [1.165, 1.54) is 0 Å². The van der Waals surface area contributed by atoms with Crippen LogP contribution in [0.15, 0.2) is 42.2 Å². The quantitative estimate of drug-likeness (QED) is 0.616. The first kappa shape index (κ1) is 16.2. The van der Waals surface area contributed by atoms with Crippen LogP contribution in [0.5, 0.6) is 0 Å². The molecule has 1 heterocycles. The van der Waals surface area contributed by atoms with E-state index >= 15 is 0 Å². The molecule has 0 radical (unpaired) electrons. The minimum absolute atomic E-state index is 0.103. The van der Waals surface area contributed by atoms with Crippen LogP contribution in [-0.2, 0) is 9.53 Å². The molecule has 0 saturated carbocycles. The molecule has 1 aromatic rings. The van der Waals surface area contributed by atoms with Gasteiger partial charge in [0.1, 0.15) is 11.8 Å². The molecule has 0 fully saturated rings. The third kappa shape index (κ3) is 3.18. The fraction of sp³-hybridized carbons (Fsp3) is 0.278. The number of cyclic esters (lactones) is 1. The van der Waals surface area contributed by atoms with E-state index in [-0.39, 0.29) is 12.1 Å². The number of benzene rings is 1. The molecule has 0 N–H and O–H groups in total. The number of nitrogens with zero attached hydrogens (tertiary/aromatic N) is 1. The van der Waals surface area contributed by atoms with Gasteiger partial charge in [0.15, 0.2) is 0 Å². The second kappa shape index (κ2) is 6.72. The lowest BCUT2D eigenvalue weighted by molar-refractivity contribution is -0.144. The first-order chi connectivity index (χ1) is 10.5. The normalized spacial score (nSPS) is 17.5. The lowest BCUT2D eigenvalue weighted by Crippen LogP contribution is -2.32. The first-order valence-corrected chi connectivity index (χ1v) is 7.40. The summed E-state index contributed by atoms with van der Waals surface area (Å²) in [5.41, 5.74) is 2.97. The number of carbonyl (C=O) groups excluding carboxylic acids is 1. The zero-order valence-electron chi connectivity index (χ0n) is 12.9. The Hall–Kier alpha value is -2.18. The summed E-state index contributed by atoms with van der Waals surface area (Å²) in [6.07, 6.45) is 2.19. The molecule has 1 aliphatic heterocycles. The van der Waals surface area contributed by atoms with Gasteiger partial charge in [-0.05, 0) is 44.5 Å². The maximum absolute atomic E-state index is 12.2. The van der Waals surface area contributed by atoms with E-state index in [0.29, 0.717) is 17.1 Å². The van der Waals surface area contributed by atoms with Gasteiger partial charge in [-0.1, -0.05) is 24.1 Å². The number of ether oxygens (including phenoxy) is 1. The number of carbonyl (C=O) groups is 1. The fourth-order valence-electron chi connectivity index (χ4n) is 2.50. The maximum atomic E-state index is 12.2. The Morgan fingerprint density at radius 3 is 2.77 bits per heavy atom. The molecule has 4 heteroatoms. The van der Waals surface area contributed by atoms with Crippen LogP contribution in [0, 0.1) is 11.8 Å². The van der Waals surface area contributed by atoms with Gasteiger partial charge in [0.25, 0.3) is 0 Å². The minimum Gasteiger partial charge on any atom is -0.458 e. The van der Waals surface area contributed by atoms with Gasteiger partial charge in [-0.25, -0.2) is 4.79 Å². The number of rotatable bonds is 3. The second-order valence-corrected chi connectivity index (χ2v) is 5.55. The molecule has 1 aromatic carbocycles. The number of hydrogen-bond donors (Lipinski definition) is 0. The summed E-state index contributed by atoms with van der Waals surface area (Å²) in [5.74, 6) is 5.41. The first-order valence-electron chi connectivity index (χ1n) is 7.02. The van der Waals surface area contributed by atoms with E-state index in [1.807, 2.05) is 26.0 Å². The molecule has 0 bridgehead atoms. The number of halogens is 1. The van der Waals surface area contributed by atoms with Crippen molar-refractivity contribution in [3.05, 3.63) is 52.8 Å². The molecule has 114 valence electrons. The van der Waals surface area contributed by atoms with Crippen molar-refractivity contribution >= 4 is 23.3 Å². The zero-order valence-corrected chi connectivity index (χ0v) is 13.7. The molecule has 1 aliphatic rings. The molecule has 0 spiro atoms. The fourth-order valence-corrected chi connectivity index (χ4v) is 2.72. The van der Waals surface area contributed by atoms with E-state index in [9.17, 15) is 4.79 Å². The third-order valence-corrected chi connectivity index (χ3v) is 3.73. The summed E-state index contributed by atoms with van der Waals surface area (Å²) < 4.78 is 5.32. The van der Waals surface area contributed by atoms with Gasteiger partial charge in [-0.15, -0.1) is 5.92 Å². The summed E-state index contributed by atoms with van der Waals surface area (Å²) in [6, 6.07) is 5.46. The Labute approximate surface area is 136 Å². The predicted octanol–water partition coefficient (Wildman–Crippen LogP) is 4.27. The average Bonchev–Trinajstić information content (AvgIpc) is 2.45. The summed E-state index contributed by atoms with van der Waals surface area (Å²) in [4.78, 5) is 13.9. The van der Waals surface area contributed by atoms with Crippen LogP contribution in [0.25, 0.3) is 0 Å². The zero-order chi connectivity index (χ0) is 16.3. The van der Waals surface area contributed by atoms with Crippen LogP contribution in [-0.4, -0.2) is 12.1 Å². The highest BCUT2D eigenvalue weighted by atomic mass is 35.5. The van der Waals surface area contributed by atoms with E-state index in [0.717, 1.165) is 16.8 Å². The summed E-state index contributed by atoms with van der Waals surface area (Å²) >= 11 is 6.25. The van der Waals surface area contributed by atoms with Crippen molar-refractivity contribution in [2.45, 2.75) is 33.3 Å². The van der Waals surface area contributed by atoms with Gasteiger partial charge in [0.2, 0.25) is 0 Å². The molecule has 22 heavy (non-hydrogen) atoms. The van der Waals surface area contributed by atoms with E-state index in [1.54, 1.807) is 24.1 Å². The third-order valence-electron chi connectivity index (χ3n) is 3.41. The van der Waals surface area contributed by atoms with E-state index < -0.39 is 0 Å². The highest BCUT2D eigenvalue weighted by molar-refractivity contribution is 6.32. The number of anilines is 1. The van der Waals surface area contributed by atoms with Gasteiger partial charge in [0, 0.05) is 23.9 Å². The lowest BCUT2D eigenvalue weighted by atomic mass is 10.0. The van der Waals surface area contributed by atoms with E-state index in [4.69, 9.17) is 16.3 Å². The average molecular weight is 316 g/mol. The Kier molecular flexibility index (Phi) is 4.95. The monoisotopic (exact) mass is 315 g/mol. The maximum Gasteiger partial charge on any atom is 0.355 e. The summed E-state index contributed by atoms with van der Waals surface area (Å²) in [6.45, 7) is 9.37. The highest BCUT2D eigenvalue weighted by Crippen LogP contribution is 2.31. The molecule has 0 aromatic heterocycles. The topological polar surface area (TPSA) is 29.5 Å². The van der Waals surface area contributed by atoms with Crippen LogP contribution < -0.4 is 4.90 Å². The Bertz CT molecular complexity index is 710. The van der Waals surface area contributed by atoms with Crippen molar-refractivity contribution < 1.29 is 9.53 Å². The molecule has 0 aliphatic carbocycles. The molecule has 0 saturated heterocycles. The van der Waals surface area contributed by atoms with Crippen molar-refractivity contribution in [3.63, 3.8) is 0 Å². The van der Waals surface area contributed by atoms with Crippen LogP contribution >= 0.6 is 11.6 Å². The van der Waals surface area contributed by atoms with Crippen molar-refractivity contribution in [2.24, 2.45) is 0 Å². The van der Waals surface area contributed by atoms with Crippen molar-refractivity contribution in [2.75, 3.05) is 4.90 Å². The van der Waals surface area contributed by atoms with Crippen LogP contribution in [0.4, 0.5) is 5.69 Å². The Morgan fingerprint density at radius 2 is 2.23 bits per heavy atom. The standard InChI is InChI=1S/C18H18ClNO2/c1-5-7-14-8-9-15(11-16(14)19)20(6-2)17-12(3)10-13(4)22-18(17)21/h6,8-9,11,13H,2,10H2,1,3-4H3/t13-/m0/s1. The molecule has 2 rings (SSSR count). The summed E-state index contributed by atoms with van der Waals surface area (Å²) in [5, 5.41) is 0.537. The van der Waals surface area contributed by atoms with E-state index in [2.05, 4.69) is 18.4 Å². The number of hydrogen-bond acceptors (Lipinski definition) is 3. The lowest BCUT2D eigenvalue weighted by Gasteiger charge is -2.30. The van der Waals surface area contributed by atoms with Crippen LogP contribution in [0.1, 0.15) is 32.8 Å². The molecule has 3 nitrogen and oxygen atoms in total. The Morgan fingerprint density at radius 1 is 1.50 bits per heavy atom. The van der Waals surface area contributed by atoms with Crippen LogP contribution in [0.3, 0.4) is 0 Å². The molecule has 0 amide bonds. The van der Waals surface area contributed by atoms with Crippen molar-refractivity contribution in [1.29, 1.82) is 0 Å². The van der Waals surface area contributed by atoms with Gasteiger partial charge in [-0.3, -0.25) is 0 Å². The van der Waals surface area contributed by atoms with Gasteiger partial charge < -0.3 is 9.64 Å². The van der Waals surface area contributed by atoms with Crippen molar-refractivity contribution in [3.8, 4) is 11.8 Å².